The number of hydrogen-bond acceptors (Lipinski definition) is 4. The lowest BCUT2D eigenvalue weighted by Gasteiger charge is -2.22. The Morgan fingerprint density at radius 2 is 1.83 bits per heavy atom. The quantitative estimate of drug-likeness (QED) is 0.799. The molecule has 0 unspecified atom stereocenters. The Bertz CT molecular complexity index is 477. The molecular formula is C12H15ClO4S. The van der Waals surface area contributed by atoms with E-state index in [-0.39, 0.29) is 11.0 Å². The van der Waals surface area contributed by atoms with Crippen LogP contribution in [0.25, 0.3) is 0 Å². The van der Waals surface area contributed by atoms with Crippen LogP contribution in [0.15, 0.2) is 29.2 Å². The molecule has 6 heteroatoms. The molecule has 0 N–H and O–H groups in total. The minimum absolute atomic E-state index is 0.110. The topological polar surface area (TPSA) is 52.6 Å². The van der Waals surface area contributed by atoms with Crippen LogP contribution in [-0.2, 0) is 25.1 Å². The van der Waals surface area contributed by atoms with Gasteiger partial charge in [0.15, 0.2) is 0 Å². The number of hydrogen-bond donors (Lipinski definition) is 0. The zero-order valence-electron chi connectivity index (χ0n) is 9.84. The molecule has 1 aromatic rings. The maximum Gasteiger partial charge on any atom is 0.261 e. The van der Waals surface area contributed by atoms with Gasteiger partial charge in [-0.3, -0.25) is 0 Å². The van der Waals surface area contributed by atoms with Crippen molar-refractivity contribution in [3.8, 4) is 0 Å². The lowest BCUT2D eigenvalue weighted by atomic mass is 10.1. The SMILES string of the molecule is O=S(=O)(Cl)c1ccc(COC2CCOCC2)cc1. The molecule has 0 radical (unpaired) electrons. The van der Waals surface area contributed by atoms with E-state index in [1.54, 1.807) is 12.1 Å². The van der Waals surface area contributed by atoms with Gasteiger partial charge in [0.2, 0.25) is 0 Å². The summed E-state index contributed by atoms with van der Waals surface area (Å²) in [4.78, 5) is 0.110. The van der Waals surface area contributed by atoms with Crippen LogP contribution in [0.3, 0.4) is 0 Å². The van der Waals surface area contributed by atoms with E-state index in [4.69, 9.17) is 20.2 Å². The lowest BCUT2D eigenvalue weighted by molar-refractivity contribution is -0.0390. The smallest absolute Gasteiger partial charge is 0.261 e. The first-order valence-corrected chi connectivity index (χ1v) is 8.09. The molecule has 0 spiro atoms. The third-order valence-corrected chi connectivity index (χ3v) is 4.23. The third-order valence-electron chi connectivity index (χ3n) is 2.86. The predicted octanol–water partition coefficient (Wildman–Crippen LogP) is 2.31. The summed E-state index contributed by atoms with van der Waals surface area (Å²) < 4.78 is 33.1. The van der Waals surface area contributed by atoms with Crippen LogP contribution in [0, 0.1) is 0 Å². The van der Waals surface area contributed by atoms with Gasteiger partial charge >= 0.3 is 0 Å². The predicted molar refractivity (Wildman–Crippen MR) is 68.1 cm³/mol. The monoisotopic (exact) mass is 290 g/mol. The molecule has 18 heavy (non-hydrogen) atoms. The summed E-state index contributed by atoms with van der Waals surface area (Å²) in [7, 11) is 1.60. The van der Waals surface area contributed by atoms with Crippen molar-refractivity contribution in [2.45, 2.75) is 30.4 Å². The van der Waals surface area contributed by atoms with E-state index in [0.717, 1.165) is 31.6 Å². The minimum atomic E-state index is -3.64. The molecule has 0 amide bonds. The molecular weight excluding hydrogens is 276 g/mol. The summed E-state index contributed by atoms with van der Waals surface area (Å²) in [6.45, 7) is 1.97. The van der Waals surface area contributed by atoms with Crippen molar-refractivity contribution in [3.05, 3.63) is 29.8 Å². The molecule has 0 atom stereocenters. The summed E-state index contributed by atoms with van der Waals surface area (Å²) in [5.41, 5.74) is 0.936. The second-order valence-corrected chi connectivity index (χ2v) is 6.77. The van der Waals surface area contributed by atoms with E-state index in [2.05, 4.69) is 0 Å². The first kappa shape index (κ1) is 13.8. The Morgan fingerprint density at radius 3 is 2.39 bits per heavy atom. The average Bonchev–Trinajstić information content (AvgIpc) is 2.37. The van der Waals surface area contributed by atoms with Crippen LogP contribution in [-0.4, -0.2) is 27.7 Å². The Morgan fingerprint density at radius 1 is 1.22 bits per heavy atom. The van der Waals surface area contributed by atoms with Crippen LogP contribution < -0.4 is 0 Å². The number of halogens is 1. The molecule has 1 aromatic carbocycles. The Kier molecular flexibility index (Phi) is 4.61. The number of benzene rings is 1. The molecule has 0 saturated carbocycles. The van der Waals surface area contributed by atoms with E-state index in [1.807, 2.05) is 0 Å². The number of ether oxygens (including phenoxy) is 2. The van der Waals surface area contributed by atoms with Crippen LogP contribution >= 0.6 is 10.7 Å². The van der Waals surface area contributed by atoms with Gasteiger partial charge in [0, 0.05) is 23.9 Å². The lowest BCUT2D eigenvalue weighted by Crippen LogP contribution is -2.23. The molecule has 0 aliphatic carbocycles. The van der Waals surface area contributed by atoms with Crippen LogP contribution in [0.1, 0.15) is 18.4 Å². The van der Waals surface area contributed by atoms with Crippen LogP contribution in [0.2, 0.25) is 0 Å². The molecule has 4 nitrogen and oxygen atoms in total. The fourth-order valence-corrected chi connectivity index (χ4v) is 2.57. The van der Waals surface area contributed by atoms with Gasteiger partial charge in [0.05, 0.1) is 17.6 Å². The standard InChI is InChI=1S/C12H15ClO4S/c13-18(14,15)12-3-1-10(2-4-12)9-17-11-5-7-16-8-6-11/h1-4,11H,5-9H2. The Labute approximate surface area is 111 Å². The average molecular weight is 291 g/mol. The normalized spacial score (nSPS) is 17.8. The minimum Gasteiger partial charge on any atom is -0.381 e. The van der Waals surface area contributed by atoms with Gasteiger partial charge in [0.1, 0.15) is 0 Å². The van der Waals surface area contributed by atoms with Gasteiger partial charge in [0.25, 0.3) is 9.05 Å². The van der Waals surface area contributed by atoms with Crippen molar-refractivity contribution in [2.75, 3.05) is 13.2 Å². The molecule has 1 heterocycles. The second kappa shape index (κ2) is 6.02. The first-order chi connectivity index (χ1) is 8.55. The zero-order valence-corrected chi connectivity index (χ0v) is 11.4. The summed E-state index contributed by atoms with van der Waals surface area (Å²) in [5.74, 6) is 0. The summed E-state index contributed by atoms with van der Waals surface area (Å²) in [5, 5.41) is 0. The van der Waals surface area contributed by atoms with E-state index in [1.165, 1.54) is 12.1 Å². The highest BCUT2D eigenvalue weighted by Gasteiger charge is 2.14. The van der Waals surface area contributed by atoms with E-state index < -0.39 is 9.05 Å². The summed E-state index contributed by atoms with van der Waals surface area (Å²) in [6.07, 6.45) is 2.05. The Balaban J connectivity index is 1.90. The zero-order chi connectivity index (χ0) is 13.0. The molecule has 0 bridgehead atoms. The molecule has 0 aromatic heterocycles. The van der Waals surface area contributed by atoms with Crippen molar-refractivity contribution in [3.63, 3.8) is 0 Å². The van der Waals surface area contributed by atoms with Crippen molar-refractivity contribution < 1.29 is 17.9 Å². The van der Waals surface area contributed by atoms with Gasteiger partial charge in [-0.2, -0.15) is 0 Å². The molecule has 100 valence electrons. The van der Waals surface area contributed by atoms with Gasteiger partial charge in [-0.05, 0) is 30.5 Å². The van der Waals surface area contributed by atoms with Gasteiger partial charge in [-0.25, -0.2) is 8.42 Å². The maximum absolute atomic E-state index is 11.1. The van der Waals surface area contributed by atoms with Gasteiger partial charge in [-0.1, -0.05) is 12.1 Å². The van der Waals surface area contributed by atoms with Gasteiger partial charge in [-0.15, -0.1) is 0 Å². The van der Waals surface area contributed by atoms with Crippen molar-refractivity contribution in [1.29, 1.82) is 0 Å². The molecule has 1 fully saturated rings. The van der Waals surface area contributed by atoms with Crippen LogP contribution in [0.5, 0.6) is 0 Å². The van der Waals surface area contributed by atoms with Crippen LogP contribution in [0.4, 0.5) is 0 Å². The third kappa shape index (κ3) is 3.95. The second-order valence-electron chi connectivity index (χ2n) is 4.20. The van der Waals surface area contributed by atoms with Crippen molar-refractivity contribution >= 4 is 19.7 Å². The maximum atomic E-state index is 11.1. The Hall–Kier alpha value is -0.620. The highest BCUT2D eigenvalue weighted by Crippen LogP contribution is 2.17. The van der Waals surface area contributed by atoms with E-state index >= 15 is 0 Å². The van der Waals surface area contributed by atoms with E-state index in [9.17, 15) is 8.42 Å². The molecule has 1 aliphatic heterocycles. The summed E-state index contributed by atoms with van der Waals surface area (Å²) >= 11 is 0. The fraction of sp³-hybridized carbons (Fsp3) is 0.500. The highest BCUT2D eigenvalue weighted by atomic mass is 35.7. The number of rotatable bonds is 4. The largest absolute Gasteiger partial charge is 0.381 e. The summed E-state index contributed by atoms with van der Waals surface area (Å²) in [6, 6.07) is 6.42. The fourth-order valence-electron chi connectivity index (χ4n) is 1.80. The van der Waals surface area contributed by atoms with Crippen molar-refractivity contribution in [1.82, 2.24) is 0 Å². The molecule has 2 rings (SSSR count). The first-order valence-electron chi connectivity index (χ1n) is 5.78. The van der Waals surface area contributed by atoms with Gasteiger partial charge < -0.3 is 9.47 Å². The molecule has 1 saturated heterocycles. The van der Waals surface area contributed by atoms with E-state index in [0.29, 0.717) is 6.61 Å². The van der Waals surface area contributed by atoms with Crippen molar-refractivity contribution in [2.24, 2.45) is 0 Å². The highest BCUT2D eigenvalue weighted by molar-refractivity contribution is 8.13. The molecule has 1 aliphatic rings.